The number of nitrogens with two attached hydrogens (primary N) is 1. The third-order valence-corrected chi connectivity index (χ3v) is 3.25. The lowest BCUT2D eigenvalue weighted by molar-refractivity contribution is 0.0769. The average Bonchev–Trinajstić information content (AvgIpc) is 2.80. The van der Waals surface area contributed by atoms with Gasteiger partial charge in [-0.3, -0.25) is 4.79 Å². The molecular formula is C13H18N2OS. The summed E-state index contributed by atoms with van der Waals surface area (Å²) in [5.41, 5.74) is 6.13. The molecule has 0 saturated heterocycles. The van der Waals surface area contributed by atoms with Gasteiger partial charge in [0.05, 0.1) is 6.54 Å². The fourth-order valence-corrected chi connectivity index (χ4v) is 2.35. The first-order valence-electron chi connectivity index (χ1n) is 5.80. The summed E-state index contributed by atoms with van der Waals surface area (Å²) < 4.78 is 0. The Morgan fingerprint density at radius 3 is 2.88 bits per heavy atom. The monoisotopic (exact) mass is 250 g/mol. The summed E-state index contributed by atoms with van der Waals surface area (Å²) in [7, 11) is 0. The molecule has 17 heavy (non-hydrogen) atoms. The van der Waals surface area contributed by atoms with Crippen LogP contribution < -0.4 is 5.73 Å². The van der Waals surface area contributed by atoms with Crippen molar-refractivity contribution in [2.45, 2.75) is 20.3 Å². The molecule has 1 aromatic rings. The second-order valence-corrected chi connectivity index (χ2v) is 4.47. The van der Waals surface area contributed by atoms with E-state index in [1.807, 2.05) is 23.3 Å². The Kier molecular flexibility index (Phi) is 5.75. The lowest BCUT2D eigenvalue weighted by atomic mass is 10.2. The van der Waals surface area contributed by atoms with Crippen molar-refractivity contribution in [3.63, 3.8) is 0 Å². The molecule has 1 amide bonds. The maximum Gasteiger partial charge on any atom is 0.265 e. The molecule has 4 heteroatoms. The Morgan fingerprint density at radius 2 is 2.29 bits per heavy atom. The highest BCUT2D eigenvalue weighted by molar-refractivity contribution is 7.12. The fraction of sp³-hybridized carbons (Fsp3) is 0.462. The molecule has 0 atom stereocenters. The Morgan fingerprint density at radius 1 is 1.53 bits per heavy atom. The van der Waals surface area contributed by atoms with Gasteiger partial charge < -0.3 is 10.6 Å². The zero-order valence-electron chi connectivity index (χ0n) is 10.3. The van der Waals surface area contributed by atoms with Crippen LogP contribution >= 0.6 is 11.3 Å². The smallest absolute Gasteiger partial charge is 0.265 e. The molecule has 3 nitrogen and oxygen atoms in total. The molecule has 0 aliphatic rings. The van der Waals surface area contributed by atoms with Crippen molar-refractivity contribution in [1.29, 1.82) is 0 Å². The van der Waals surface area contributed by atoms with Crippen LogP contribution in [0.1, 0.15) is 35.5 Å². The summed E-state index contributed by atoms with van der Waals surface area (Å²) in [5, 5.41) is 1.90. The molecule has 0 aromatic carbocycles. The Balaban J connectivity index is 2.91. The van der Waals surface area contributed by atoms with Gasteiger partial charge in [-0.25, -0.2) is 0 Å². The number of carbonyl (C=O) groups excluding carboxylic acids is 1. The van der Waals surface area contributed by atoms with Crippen molar-refractivity contribution in [3.8, 4) is 11.8 Å². The van der Waals surface area contributed by atoms with Gasteiger partial charge in [0.25, 0.3) is 5.91 Å². The van der Waals surface area contributed by atoms with E-state index < -0.39 is 0 Å². The molecule has 92 valence electrons. The molecule has 1 aromatic heterocycles. The van der Waals surface area contributed by atoms with Gasteiger partial charge in [0, 0.05) is 18.7 Å². The van der Waals surface area contributed by atoms with Crippen LogP contribution in [0.25, 0.3) is 0 Å². The number of rotatable bonds is 4. The maximum atomic E-state index is 12.2. The molecule has 0 bridgehead atoms. The van der Waals surface area contributed by atoms with E-state index in [4.69, 9.17) is 5.73 Å². The number of hydrogen-bond acceptors (Lipinski definition) is 3. The van der Waals surface area contributed by atoms with Crippen molar-refractivity contribution in [2.24, 2.45) is 5.73 Å². The van der Waals surface area contributed by atoms with Crippen molar-refractivity contribution in [1.82, 2.24) is 4.90 Å². The van der Waals surface area contributed by atoms with Crippen LogP contribution in [0.3, 0.4) is 0 Å². The first-order valence-corrected chi connectivity index (χ1v) is 6.68. The minimum absolute atomic E-state index is 0.0747. The molecule has 1 heterocycles. The quantitative estimate of drug-likeness (QED) is 0.830. The van der Waals surface area contributed by atoms with Gasteiger partial charge in [0.1, 0.15) is 4.88 Å². The van der Waals surface area contributed by atoms with E-state index in [0.717, 1.165) is 30.0 Å². The molecule has 2 N–H and O–H groups in total. The van der Waals surface area contributed by atoms with Crippen LogP contribution in [0.5, 0.6) is 0 Å². The summed E-state index contributed by atoms with van der Waals surface area (Å²) in [5.74, 6) is 5.81. The van der Waals surface area contributed by atoms with Crippen LogP contribution in [0.2, 0.25) is 0 Å². The summed E-state index contributed by atoms with van der Waals surface area (Å²) in [6.07, 6.45) is 0.967. The van der Waals surface area contributed by atoms with Crippen LogP contribution in [-0.2, 0) is 0 Å². The number of thiophene rings is 1. The van der Waals surface area contributed by atoms with Crippen LogP contribution in [0, 0.1) is 11.8 Å². The van der Waals surface area contributed by atoms with Gasteiger partial charge >= 0.3 is 0 Å². The van der Waals surface area contributed by atoms with Crippen LogP contribution in [0.4, 0.5) is 0 Å². The highest BCUT2D eigenvalue weighted by Crippen LogP contribution is 2.18. The van der Waals surface area contributed by atoms with Gasteiger partial charge in [-0.15, -0.1) is 11.3 Å². The van der Waals surface area contributed by atoms with Gasteiger partial charge in [-0.2, -0.15) is 0 Å². The average molecular weight is 250 g/mol. The Hall–Kier alpha value is -1.31. The third-order valence-electron chi connectivity index (χ3n) is 2.35. The molecule has 0 spiro atoms. The molecule has 0 aliphatic heterocycles. The van der Waals surface area contributed by atoms with E-state index in [1.165, 1.54) is 11.3 Å². The number of hydrogen-bond donors (Lipinski definition) is 1. The molecule has 0 saturated carbocycles. The van der Waals surface area contributed by atoms with Crippen LogP contribution in [0.15, 0.2) is 11.4 Å². The van der Waals surface area contributed by atoms with E-state index in [-0.39, 0.29) is 5.91 Å². The predicted octanol–water partition coefficient (Wildman–Crippen LogP) is 1.93. The molecular weight excluding hydrogens is 232 g/mol. The SMILES string of the molecule is CCCN(CC)C(=O)c1sccc1C#CCN. The standard InChI is InChI=1S/C13H18N2OS/c1-3-9-15(4-2)13(16)12-11(6-5-8-14)7-10-17-12/h7,10H,3-4,8-9,14H2,1-2H3. The van der Waals surface area contributed by atoms with Gasteiger partial charge in [-0.05, 0) is 24.8 Å². The minimum atomic E-state index is 0.0747. The topological polar surface area (TPSA) is 46.3 Å². The summed E-state index contributed by atoms with van der Waals surface area (Å²) >= 11 is 1.44. The summed E-state index contributed by atoms with van der Waals surface area (Å²) in [6.45, 7) is 5.90. The van der Waals surface area contributed by atoms with Crippen molar-refractivity contribution in [3.05, 3.63) is 21.9 Å². The lowest BCUT2D eigenvalue weighted by Crippen LogP contribution is -2.31. The van der Waals surface area contributed by atoms with Crippen molar-refractivity contribution in [2.75, 3.05) is 19.6 Å². The van der Waals surface area contributed by atoms with Crippen molar-refractivity contribution >= 4 is 17.2 Å². The first kappa shape index (κ1) is 13.8. The Bertz CT molecular complexity index is 428. The molecule has 0 radical (unpaired) electrons. The van der Waals surface area contributed by atoms with E-state index >= 15 is 0 Å². The van der Waals surface area contributed by atoms with Crippen molar-refractivity contribution < 1.29 is 4.79 Å². The zero-order chi connectivity index (χ0) is 12.7. The highest BCUT2D eigenvalue weighted by atomic mass is 32.1. The Labute approximate surface area is 107 Å². The molecule has 0 aliphatic carbocycles. The van der Waals surface area contributed by atoms with Gasteiger partial charge in [0.15, 0.2) is 0 Å². The molecule has 1 rings (SSSR count). The fourth-order valence-electron chi connectivity index (χ4n) is 1.54. The summed E-state index contributed by atoms with van der Waals surface area (Å²) in [4.78, 5) is 14.8. The second kappa shape index (κ2) is 7.10. The number of amides is 1. The predicted molar refractivity (Wildman–Crippen MR) is 72.1 cm³/mol. The van der Waals surface area contributed by atoms with Gasteiger partial charge in [0.2, 0.25) is 0 Å². The normalized spacial score (nSPS) is 9.59. The number of nitrogens with zero attached hydrogens (tertiary/aromatic N) is 1. The van der Waals surface area contributed by atoms with Gasteiger partial charge in [-0.1, -0.05) is 18.8 Å². The third kappa shape index (κ3) is 3.58. The van der Waals surface area contributed by atoms with Crippen LogP contribution in [-0.4, -0.2) is 30.4 Å². The summed E-state index contributed by atoms with van der Waals surface area (Å²) in [6, 6.07) is 1.88. The first-order chi connectivity index (χ1) is 8.24. The minimum Gasteiger partial charge on any atom is -0.338 e. The van der Waals surface area contributed by atoms with E-state index in [0.29, 0.717) is 6.54 Å². The van der Waals surface area contributed by atoms with E-state index in [9.17, 15) is 4.79 Å². The lowest BCUT2D eigenvalue weighted by Gasteiger charge is -2.19. The molecule has 0 unspecified atom stereocenters. The number of carbonyl (C=O) groups is 1. The zero-order valence-corrected chi connectivity index (χ0v) is 11.1. The van der Waals surface area contributed by atoms with E-state index in [1.54, 1.807) is 0 Å². The highest BCUT2D eigenvalue weighted by Gasteiger charge is 2.17. The largest absolute Gasteiger partial charge is 0.338 e. The molecule has 0 fully saturated rings. The second-order valence-electron chi connectivity index (χ2n) is 3.55. The van der Waals surface area contributed by atoms with E-state index in [2.05, 4.69) is 18.8 Å². The maximum absolute atomic E-state index is 12.2.